The first-order valence-corrected chi connectivity index (χ1v) is 14.7. The van der Waals surface area contributed by atoms with Gasteiger partial charge >= 0.3 is 12.6 Å². The molecule has 1 aliphatic rings. The normalized spacial score (nSPS) is 15.6. The fraction of sp³-hybridized carbons (Fsp3) is 0.310. The average molecular weight is 716 g/mol. The highest BCUT2D eigenvalue weighted by Crippen LogP contribution is 2.41. The van der Waals surface area contributed by atoms with E-state index in [1.807, 2.05) is 5.32 Å². The summed E-state index contributed by atoms with van der Waals surface area (Å²) in [6.07, 6.45) is -2.21. The number of nitrogens with one attached hydrogen (secondary N) is 3. The van der Waals surface area contributed by atoms with Crippen LogP contribution in [0.4, 0.5) is 35.5 Å². The quantitative estimate of drug-likeness (QED) is 0.0965. The zero-order valence-electron chi connectivity index (χ0n) is 25.1. The molecule has 1 fully saturated rings. The molecule has 2 heterocycles. The summed E-state index contributed by atoms with van der Waals surface area (Å²) in [6.45, 7) is -2.07. The van der Waals surface area contributed by atoms with Gasteiger partial charge in [0.15, 0.2) is 11.8 Å². The lowest BCUT2D eigenvalue weighted by Gasteiger charge is -2.32. The summed E-state index contributed by atoms with van der Waals surface area (Å²) < 4.78 is 102. The van der Waals surface area contributed by atoms with E-state index in [-0.39, 0.29) is 39.5 Å². The largest absolute Gasteiger partial charge is 0.447 e. The minimum absolute atomic E-state index is 0.0162. The lowest BCUT2D eigenvalue weighted by atomic mass is 10.0. The molecule has 12 nitrogen and oxygen atoms in total. The van der Waals surface area contributed by atoms with Crippen molar-refractivity contribution in [1.82, 2.24) is 40.1 Å². The van der Waals surface area contributed by atoms with Gasteiger partial charge in [0.2, 0.25) is 0 Å². The molecule has 1 aliphatic carbocycles. The number of halogens is 8. The number of nitrogens with zero attached hydrogens (tertiary/aromatic N) is 6. The first kappa shape index (κ1) is 35.1. The van der Waals surface area contributed by atoms with Crippen LogP contribution < -0.4 is 10.6 Å². The van der Waals surface area contributed by atoms with Crippen LogP contribution in [0.2, 0.25) is 5.02 Å². The van der Waals surface area contributed by atoms with Crippen LogP contribution in [-0.2, 0) is 4.74 Å². The Hall–Kier alpha value is -5.20. The summed E-state index contributed by atoms with van der Waals surface area (Å²) >= 11 is 6.32. The average Bonchev–Trinajstić information content (AvgIpc) is 3.45. The molecule has 1 saturated carbocycles. The van der Waals surface area contributed by atoms with E-state index in [4.69, 9.17) is 21.7 Å². The highest BCUT2D eigenvalue weighted by Gasteiger charge is 2.58. The van der Waals surface area contributed by atoms with E-state index in [0.717, 1.165) is 46.5 Å². The molecular formula is C29H25ClF7N9O3. The maximum absolute atomic E-state index is 15.3. The molecule has 2 aromatic heterocycles. The standard InChI is InChI=1S/C29H25ClF7N9O3/c1-2-39-27(38)45(25(47)15-3-5-17(19(31)7-15)16-10-41-44(11-16)26(34)35)21(12-49-28(48)43-22-9-29(22,36)37)14-4-6-18(30)20(8-14)46-24(23(32)33)40-13-42-46/h3-8,10-11,13,21-23,26H,2,9,12H2,1H3,(H2,38,39)(H,43,48)/t21-,22+/m1/s1. The third-order valence-corrected chi connectivity index (χ3v) is 7.61. The molecule has 3 N–H and O–H groups in total. The molecule has 2 atom stereocenters. The van der Waals surface area contributed by atoms with Gasteiger partial charge in [-0.25, -0.2) is 41.1 Å². The van der Waals surface area contributed by atoms with Crippen molar-refractivity contribution in [2.45, 2.75) is 44.3 Å². The molecule has 260 valence electrons. The minimum atomic E-state index is -3.13. The van der Waals surface area contributed by atoms with Gasteiger partial charge in [-0.1, -0.05) is 23.7 Å². The molecule has 0 bridgehead atoms. The summed E-state index contributed by atoms with van der Waals surface area (Å²) in [5.41, 5.74) is -0.635. The maximum atomic E-state index is 15.3. The van der Waals surface area contributed by atoms with Gasteiger partial charge in [-0.2, -0.15) is 19.0 Å². The number of rotatable bonds is 11. The maximum Gasteiger partial charge on any atom is 0.407 e. The molecule has 0 aliphatic heterocycles. The Balaban J connectivity index is 1.55. The number of guanidine groups is 1. The molecule has 5 rings (SSSR count). The minimum Gasteiger partial charge on any atom is -0.447 e. The van der Waals surface area contributed by atoms with E-state index in [1.165, 1.54) is 18.2 Å². The SMILES string of the molecule is CCNC(=N)N(C(=O)c1ccc(-c2cnn(C(F)F)c2)c(F)c1)[C@H](COC(=O)N[C@H]1CC1(F)F)c1ccc(Cl)c(-n2ncnc2C(F)F)c1. The van der Waals surface area contributed by atoms with Crippen molar-refractivity contribution in [1.29, 1.82) is 5.41 Å². The van der Waals surface area contributed by atoms with E-state index in [0.29, 0.717) is 4.68 Å². The lowest BCUT2D eigenvalue weighted by Crippen LogP contribution is -2.48. The van der Waals surface area contributed by atoms with Gasteiger partial charge in [-0.3, -0.25) is 15.1 Å². The summed E-state index contributed by atoms with van der Waals surface area (Å²) in [5.74, 6) is -6.53. The number of alkyl halides is 6. The highest BCUT2D eigenvalue weighted by molar-refractivity contribution is 6.32. The Bertz CT molecular complexity index is 1870. The van der Waals surface area contributed by atoms with Gasteiger partial charge in [-0.05, 0) is 36.8 Å². The summed E-state index contributed by atoms with van der Waals surface area (Å²) in [7, 11) is 0. The van der Waals surface area contributed by atoms with E-state index in [1.54, 1.807) is 6.92 Å². The Morgan fingerprint density at radius 1 is 1.16 bits per heavy atom. The highest BCUT2D eigenvalue weighted by atomic mass is 35.5. The van der Waals surface area contributed by atoms with Gasteiger partial charge in [0, 0.05) is 35.9 Å². The number of ether oxygens (including phenoxy) is 1. The predicted octanol–water partition coefficient (Wildman–Crippen LogP) is 6.12. The van der Waals surface area contributed by atoms with Crippen LogP contribution in [0.3, 0.4) is 0 Å². The fourth-order valence-corrected chi connectivity index (χ4v) is 4.97. The van der Waals surface area contributed by atoms with Gasteiger partial charge < -0.3 is 15.4 Å². The first-order chi connectivity index (χ1) is 23.2. The van der Waals surface area contributed by atoms with Crippen LogP contribution in [0.5, 0.6) is 0 Å². The molecule has 2 amide bonds. The van der Waals surface area contributed by atoms with E-state index in [9.17, 15) is 35.9 Å². The van der Waals surface area contributed by atoms with Crippen LogP contribution in [-0.4, -0.2) is 72.5 Å². The van der Waals surface area contributed by atoms with Crippen LogP contribution in [0.25, 0.3) is 16.8 Å². The molecule has 0 spiro atoms. The second-order valence-electron chi connectivity index (χ2n) is 10.6. The number of benzene rings is 2. The van der Waals surface area contributed by atoms with Crippen molar-refractivity contribution >= 4 is 29.6 Å². The smallest absolute Gasteiger partial charge is 0.407 e. The zero-order valence-corrected chi connectivity index (χ0v) is 25.8. The Morgan fingerprint density at radius 2 is 1.90 bits per heavy atom. The van der Waals surface area contributed by atoms with Crippen LogP contribution in [0, 0.1) is 11.2 Å². The zero-order chi connectivity index (χ0) is 35.6. The van der Waals surface area contributed by atoms with Crippen molar-refractivity contribution < 1.29 is 45.1 Å². The Kier molecular flexibility index (Phi) is 10.1. The van der Waals surface area contributed by atoms with Crippen molar-refractivity contribution in [2.24, 2.45) is 0 Å². The van der Waals surface area contributed by atoms with Gasteiger partial charge in [0.25, 0.3) is 18.3 Å². The molecule has 4 aromatic rings. The molecular weight excluding hydrogens is 691 g/mol. The van der Waals surface area contributed by atoms with E-state index >= 15 is 4.39 Å². The number of hydrogen-bond acceptors (Lipinski definition) is 7. The van der Waals surface area contributed by atoms with Gasteiger partial charge in [0.1, 0.15) is 24.8 Å². The first-order valence-electron chi connectivity index (χ1n) is 14.3. The number of aromatic nitrogens is 5. The summed E-state index contributed by atoms with van der Waals surface area (Å²) in [5, 5.41) is 20.5. The molecule has 2 aromatic carbocycles. The van der Waals surface area contributed by atoms with Crippen molar-refractivity contribution in [3.63, 3.8) is 0 Å². The third kappa shape index (κ3) is 7.60. The van der Waals surface area contributed by atoms with E-state index < -0.39 is 73.6 Å². The van der Waals surface area contributed by atoms with E-state index in [2.05, 4.69) is 20.5 Å². The van der Waals surface area contributed by atoms with Crippen LogP contribution in [0.15, 0.2) is 55.1 Å². The lowest BCUT2D eigenvalue weighted by molar-refractivity contribution is 0.0566. The van der Waals surface area contributed by atoms with Gasteiger partial charge in [0.05, 0.1) is 22.9 Å². The van der Waals surface area contributed by atoms with Crippen LogP contribution >= 0.6 is 11.6 Å². The number of carbonyl (C=O) groups excluding carboxylic acids is 2. The number of hydrogen-bond donors (Lipinski definition) is 3. The van der Waals surface area contributed by atoms with Gasteiger partial charge in [-0.15, -0.1) is 0 Å². The van der Waals surface area contributed by atoms with Crippen molar-refractivity contribution in [2.75, 3.05) is 13.2 Å². The second-order valence-corrected chi connectivity index (χ2v) is 11.0. The molecule has 0 unspecified atom stereocenters. The molecule has 49 heavy (non-hydrogen) atoms. The summed E-state index contributed by atoms with van der Waals surface area (Å²) in [6, 6.07) is 3.93. The van der Waals surface area contributed by atoms with Crippen molar-refractivity contribution in [3.05, 3.63) is 82.9 Å². The number of alkyl carbamates (subject to hydrolysis) is 1. The number of carbonyl (C=O) groups is 2. The molecule has 20 heteroatoms. The molecule has 0 saturated heterocycles. The second kappa shape index (κ2) is 14.1. The summed E-state index contributed by atoms with van der Waals surface area (Å²) in [4.78, 5) is 30.9. The predicted molar refractivity (Wildman–Crippen MR) is 158 cm³/mol. The molecule has 0 radical (unpaired) electrons. The number of amides is 2. The van der Waals surface area contributed by atoms with Crippen molar-refractivity contribution in [3.8, 4) is 16.8 Å². The van der Waals surface area contributed by atoms with Crippen LogP contribution in [0.1, 0.15) is 54.1 Å². The Labute approximate surface area is 277 Å². The monoisotopic (exact) mass is 715 g/mol. The fourth-order valence-electron chi connectivity index (χ4n) is 4.77. The third-order valence-electron chi connectivity index (χ3n) is 7.29. The topological polar surface area (TPSA) is 143 Å². The Morgan fingerprint density at radius 3 is 2.51 bits per heavy atom.